The Hall–Kier alpha value is -1.91. The molecule has 5 heteroatoms. The molecule has 1 fully saturated rings. The third kappa shape index (κ3) is 4.29. The van der Waals surface area contributed by atoms with Crippen molar-refractivity contribution in [2.24, 2.45) is 0 Å². The molecule has 0 spiro atoms. The molecule has 0 bridgehead atoms. The van der Waals surface area contributed by atoms with E-state index in [0.717, 1.165) is 30.6 Å². The van der Waals surface area contributed by atoms with Gasteiger partial charge in [-0.3, -0.25) is 0 Å². The van der Waals surface area contributed by atoms with Gasteiger partial charge in [0.05, 0.1) is 6.04 Å². The van der Waals surface area contributed by atoms with Crippen LogP contribution in [0.15, 0.2) is 18.2 Å². The summed E-state index contributed by atoms with van der Waals surface area (Å²) in [7, 11) is 0. The summed E-state index contributed by atoms with van der Waals surface area (Å²) >= 11 is 0. The van der Waals surface area contributed by atoms with Crippen molar-refractivity contribution in [1.82, 2.24) is 4.90 Å². The predicted molar refractivity (Wildman–Crippen MR) is 87.3 cm³/mol. The van der Waals surface area contributed by atoms with Crippen molar-refractivity contribution >= 4 is 11.8 Å². The van der Waals surface area contributed by atoms with Crippen LogP contribution in [0.5, 0.6) is 5.75 Å². The molecule has 1 saturated heterocycles. The van der Waals surface area contributed by atoms with Crippen LogP contribution in [0, 0.1) is 6.92 Å². The molecule has 5 nitrogen and oxygen atoms in total. The number of rotatable bonds is 3. The Kier molecular flexibility index (Phi) is 4.84. The number of aromatic hydroxyl groups is 1. The number of ether oxygens (including phenoxy) is 1. The number of phenols is 1. The van der Waals surface area contributed by atoms with Crippen LogP contribution in [0.4, 0.5) is 10.5 Å². The summed E-state index contributed by atoms with van der Waals surface area (Å²) in [4.78, 5) is 14.0. The second kappa shape index (κ2) is 6.46. The van der Waals surface area contributed by atoms with Crippen molar-refractivity contribution in [2.75, 3.05) is 18.4 Å². The van der Waals surface area contributed by atoms with Crippen LogP contribution in [0.1, 0.15) is 39.2 Å². The molecule has 1 amide bonds. The first-order valence-corrected chi connectivity index (χ1v) is 7.79. The normalized spacial score (nSPS) is 18.4. The lowest BCUT2D eigenvalue weighted by Crippen LogP contribution is -2.42. The maximum Gasteiger partial charge on any atom is 0.410 e. The molecular weight excluding hydrogens is 280 g/mol. The Morgan fingerprint density at radius 1 is 1.45 bits per heavy atom. The van der Waals surface area contributed by atoms with E-state index < -0.39 is 5.60 Å². The van der Waals surface area contributed by atoms with E-state index in [1.807, 2.05) is 44.7 Å². The summed E-state index contributed by atoms with van der Waals surface area (Å²) in [5.41, 5.74) is 1.32. The zero-order chi connectivity index (χ0) is 16.3. The second-order valence-electron chi connectivity index (χ2n) is 6.85. The average Bonchev–Trinajstić information content (AvgIpc) is 2.87. The van der Waals surface area contributed by atoms with Gasteiger partial charge in [-0.15, -0.1) is 0 Å². The van der Waals surface area contributed by atoms with Gasteiger partial charge in [-0.05, 0) is 64.3 Å². The Balaban J connectivity index is 1.93. The smallest absolute Gasteiger partial charge is 0.410 e. The largest absolute Gasteiger partial charge is 0.508 e. The zero-order valence-electron chi connectivity index (χ0n) is 13.8. The lowest BCUT2D eigenvalue weighted by molar-refractivity contribution is 0.0235. The fourth-order valence-corrected chi connectivity index (χ4v) is 2.61. The highest BCUT2D eigenvalue weighted by molar-refractivity contribution is 5.69. The highest BCUT2D eigenvalue weighted by atomic mass is 16.6. The van der Waals surface area contributed by atoms with E-state index in [2.05, 4.69) is 5.32 Å². The lowest BCUT2D eigenvalue weighted by Gasteiger charge is -2.29. The molecule has 1 atom stereocenters. The molecule has 0 aliphatic carbocycles. The molecular formula is C17H26N2O3. The molecule has 2 rings (SSSR count). The molecule has 22 heavy (non-hydrogen) atoms. The van der Waals surface area contributed by atoms with E-state index in [0.29, 0.717) is 12.3 Å². The van der Waals surface area contributed by atoms with Crippen LogP contribution in [-0.2, 0) is 4.74 Å². The summed E-state index contributed by atoms with van der Waals surface area (Å²) in [6, 6.07) is 5.57. The Morgan fingerprint density at radius 2 is 2.18 bits per heavy atom. The van der Waals surface area contributed by atoms with Crippen molar-refractivity contribution in [2.45, 2.75) is 52.2 Å². The first-order chi connectivity index (χ1) is 10.3. The van der Waals surface area contributed by atoms with Crippen molar-refractivity contribution in [1.29, 1.82) is 0 Å². The van der Waals surface area contributed by atoms with Gasteiger partial charge in [-0.25, -0.2) is 4.79 Å². The van der Waals surface area contributed by atoms with Crippen molar-refractivity contribution in [3.8, 4) is 5.75 Å². The molecule has 0 radical (unpaired) electrons. The van der Waals surface area contributed by atoms with Gasteiger partial charge in [-0.2, -0.15) is 0 Å². The number of hydrogen-bond donors (Lipinski definition) is 2. The monoisotopic (exact) mass is 306 g/mol. The topological polar surface area (TPSA) is 61.8 Å². The van der Waals surface area contributed by atoms with Crippen LogP contribution in [0.2, 0.25) is 0 Å². The van der Waals surface area contributed by atoms with Gasteiger partial charge in [0.2, 0.25) is 0 Å². The minimum Gasteiger partial charge on any atom is -0.508 e. The molecule has 122 valence electrons. The van der Waals surface area contributed by atoms with Gasteiger partial charge in [0.15, 0.2) is 0 Å². The fraction of sp³-hybridized carbons (Fsp3) is 0.588. The number of hydrogen-bond acceptors (Lipinski definition) is 4. The molecule has 1 unspecified atom stereocenters. The molecule has 1 heterocycles. The van der Waals surface area contributed by atoms with E-state index in [9.17, 15) is 9.90 Å². The van der Waals surface area contributed by atoms with Crippen molar-refractivity contribution in [3.05, 3.63) is 23.8 Å². The number of nitrogens with zero attached hydrogens (tertiary/aromatic N) is 1. The second-order valence-corrected chi connectivity index (χ2v) is 6.85. The molecule has 0 saturated carbocycles. The average molecular weight is 306 g/mol. The minimum atomic E-state index is -0.467. The van der Waals surface area contributed by atoms with Gasteiger partial charge < -0.3 is 20.1 Å². The van der Waals surface area contributed by atoms with E-state index in [1.54, 1.807) is 6.07 Å². The van der Waals surface area contributed by atoms with E-state index in [-0.39, 0.29) is 12.1 Å². The van der Waals surface area contributed by atoms with E-state index >= 15 is 0 Å². The molecule has 1 aliphatic heterocycles. The predicted octanol–water partition coefficient (Wildman–Crippen LogP) is 3.51. The standard InChI is InChI=1S/C17H26N2O3/c1-12-10-13(7-8-15(12)20)18-11-14-6-5-9-19(14)16(21)22-17(2,3)4/h7-8,10,14,18,20H,5-6,9,11H2,1-4H3. The molecule has 0 aromatic heterocycles. The van der Waals surface area contributed by atoms with E-state index in [1.165, 1.54) is 0 Å². The number of benzene rings is 1. The first kappa shape index (κ1) is 16.5. The van der Waals surface area contributed by atoms with Gasteiger partial charge in [-0.1, -0.05) is 0 Å². The summed E-state index contributed by atoms with van der Waals surface area (Å²) < 4.78 is 5.46. The molecule has 1 aromatic rings. The van der Waals surface area contributed by atoms with Gasteiger partial charge in [0.25, 0.3) is 0 Å². The molecule has 1 aliphatic rings. The maximum absolute atomic E-state index is 12.2. The summed E-state index contributed by atoms with van der Waals surface area (Å²) in [5, 5.41) is 12.9. The number of carbonyl (C=O) groups excluding carboxylic acids is 1. The van der Waals surface area contributed by atoms with Crippen LogP contribution in [0.3, 0.4) is 0 Å². The molecule has 1 aromatic carbocycles. The van der Waals surface area contributed by atoms with Gasteiger partial charge in [0, 0.05) is 18.8 Å². The Bertz CT molecular complexity index is 537. The first-order valence-electron chi connectivity index (χ1n) is 7.79. The van der Waals surface area contributed by atoms with Crippen molar-refractivity contribution < 1.29 is 14.6 Å². The number of amides is 1. The Labute approximate surface area is 132 Å². The van der Waals surface area contributed by atoms with Crippen LogP contribution in [0.25, 0.3) is 0 Å². The number of anilines is 1. The van der Waals surface area contributed by atoms with Crippen LogP contribution < -0.4 is 5.32 Å². The summed E-state index contributed by atoms with van der Waals surface area (Å²) in [6.07, 6.45) is 1.74. The zero-order valence-corrected chi connectivity index (χ0v) is 13.8. The van der Waals surface area contributed by atoms with Gasteiger partial charge in [0.1, 0.15) is 11.4 Å². The van der Waals surface area contributed by atoms with E-state index in [4.69, 9.17) is 4.74 Å². The SMILES string of the molecule is Cc1cc(NCC2CCCN2C(=O)OC(C)(C)C)ccc1O. The third-order valence-electron chi connectivity index (χ3n) is 3.74. The number of phenolic OH excluding ortho intramolecular Hbond substituents is 1. The fourth-order valence-electron chi connectivity index (χ4n) is 2.61. The van der Waals surface area contributed by atoms with Crippen molar-refractivity contribution in [3.63, 3.8) is 0 Å². The maximum atomic E-state index is 12.2. The third-order valence-corrected chi connectivity index (χ3v) is 3.74. The summed E-state index contributed by atoms with van der Waals surface area (Å²) in [6.45, 7) is 8.94. The summed E-state index contributed by atoms with van der Waals surface area (Å²) in [5.74, 6) is 0.293. The minimum absolute atomic E-state index is 0.143. The molecule has 2 N–H and O–H groups in total. The van der Waals surface area contributed by atoms with Crippen LogP contribution >= 0.6 is 0 Å². The Morgan fingerprint density at radius 3 is 2.82 bits per heavy atom. The highest BCUT2D eigenvalue weighted by Gasteiger charge is 2.31. The lowest BCUT2D eigenvalue weighted by atomic mass is 10.2. The highest BCUT2D eigenvalue weighted by Crippen LogP contribution is 2.23. The quantitative estimate of drug-likeness (QED) is 0.839. The number of likely N-dealkylation sites (tertiary alicyclic amines) is 1. The number of nitrogens with one attached hydrogen (secondary N) is 1. The number of aryl methyl sites for hydroxylation is 1. The van der Waals surface area contributed by atoms with Crippen LogP contribution in [-0.4, -0.2) is 40.8 Å². The number of carbonyl (C=O) groups is 1. The van der Waals surface area contributed by atoms with Gasteiger partial charge >= 0.3 is 6.09 Å².